The summed E-state index contributed by atoms with van der Waals surface area (Å²) in [6.45, 7) is 6.95. The first-order chi connectivity index (χ1) is 9.89. The molecule has 0 heterocycles. The molecule has 3 atom stereocenters. The second-order valence-corrected chi connectivity index (χ2v) is 9.29. The van der Waals surface area contributed by atoms with Crippen molar-refractivity contribution in [3.05, 3.63) is 34.9 Å². The minimum Gasteiger partial charge on any atom is -0.117 e. The van der Waals surface area contributed by atoms with Crippen LogP contribution in [0.1, 0.15) is 67.5 Å². The van der Waals surface area contributed by atoms with Crippen molar-refractivity contribution in [2.45, 2.75) is 64.7 Å². The molecule has 0 radical (unpaired) electrons. The van der Waals surface area contributed by atoms with Crippen molar-refractivity contribution in [3.63, 3.8) is 0 Å². The lowest BCUT2D eigenvalue weighted by Crippen LogP contribution is -2.52. The van der Waals surface area contributed by atoms with Gasteiger partial charge in [-0.05, 0) is 86.2 Å². The van der Waals surface area contributed by atoms with Crippen molar-refractivity contribution < 1.29 is 0 Å². The summed E-state index contributed by atoms with van der Waals surface area (Å²) < 4.78 is 0. The van der Waals surface area contributed by atoms with E-state index in [0.717, 1.165) is 11.8 Å². The third-order valence-electron chi connectivity index (χ3n) is 6.64. The summed E-state index contributed by atoms with van der Waals surface area (Å²) in [6.07, 6.45) is 8.51. The van der Waals surface area contributed by atoms with Gasteiger partial charge in [-0.15, -0.1) is 11.6 Å². The SMILES string of the molecule is Cc1ccc(C)c(C(Cl)C23CC4CC(CC(C)(C4)C2)C3)c1. The zero-order valence-electron chi connectivity index (χ0n) is 13.6. The Morgan fingerprint density at radius 3 is 2.38 bits per heavy atom. The molecule has 3 unspecified atom stereocenters. The molecular weight excluding hydrogens is 276 g/mol. The van der Waals surface area contributed by atoms with E-state index in [2.05, 4.69) is 39.0 Å². The predicted octanol–water partition coefficient (Wildman–Crippen LogP) is 6.19. The third kappa shape index (κ3) is 2.17. The van der Waals surface area contributed by atoms with E-state index in [0.29, 0.717) is 10.8 Å². The summed E-state index contributed by atoms with van der Waals surface area (Å²) >= 11 is 7.17. The van der Waals surface area contributed by atoms with Crippen LogP contribution in [0.25, 0.3) is 0 Å². The van der Waals surface area contributed by atoms with E-state index in [-0.39, 0.29) is 5.38 Å². The minimum absolute atomic E-state index is 0.211. The molecule has 1 aromatic rings. The van der Waals surface area contributed by atoms with E-state index in [9.17, 15) is 0 Å². The fourth-order valence-corrected chi connectivity index (χ4v) is 6.95. The topological polar surface area (TPSA) is 0 Å². The number of hydrogen-bond donors (Lipinski definition) is 0. The van der Waals surface area contributed by atoms with Gasteiger partial charge in [-0.3, -0.25) is 0 Å². The van der Waals surface area contributed by atoms with Crippen molar-refractivity contribution in [2.75, 3.05) is 0 Å². The molecule has 5 rings (SSSR count). The van der Waals surface area contributed by atoms with Crippen LogP contribution in [0.3, 0.4) is 0 Å². The van der Waals surface area contributed by atoms with Crippen molar-refractivity contribution in [2.24, 2.45) is 22.7 Å². The molecule has 114 valence electrons. The first-order valence-corrected chi connectivity index (χ1v) is 9.04. The summed E-state index contributed by atoms with van der Waals surface area (Å²) in [4.78, 5) is 0. The Kier molecular flexibility index (Phi) is 3.03. The lowest BCUT2D eigenvalue weighted by molar-refractivity contribution is -0.103. The fourth-order valence-electron chi connectivity index (χ4n) is 6.46. The number of benzene rings is 1. The summed E-state index contributed by atoms with van der Waals surface area (Å²) in [5, 5.41) is 0.211. The minimum atomic E-state index is 0.211. The Morgan fingerprint density at radius 2 is 1.76 bits per heavy atom. The molecule has 0 N–H and O–H groups in total. The van der Waals surface area contributed by atoms with Crippen molar-refractivity contribution >= 4 is 11.6 Å². The Morgan fingerprint density at radius 1 is 1.10 bits per heavy atom. The van der Waals surface area contributed by atoms with Gasteiger partial charge in [0, 0.05) is 0 Å². The van der Waals surface area contributed by atoms with E-state index in [1.54, 1.807) is 0 Å². The van der Waals surface area contributed by atoms with Crippen LogP contribution < -0.4 is 0 Å². The van der Waals surface area contributed by atoms with Gasteiger partial charge in [0.1, 0.15) is 0 Å². The van der Waals surface area contributed by atoms with Gasteiger partial charge in [0.05, 0.1) is 5.38 Å². The molecule has 21 heavy (non-hydrogen) atoms. The first kappa shape index (κ1) is 14.1. The highest BCUT2D eigenvalue weighted by atomic mass is 35.5. The zero-order valence-corrected chi connectivity index (χ0v) is 14.3. The summed E-state index contributed by atoms with van der Waals surface area (Å²) in [6, 6.07) is 6.81. The first-order valence-electron chi connectivity index (χ1n) is 8.60. The molecule has 1 heteroatoms. The Balaban J connectivity index is 1.73. The molecule has 0 aromatic heterocycles. The molecular formula is C20H27Cl. The lowest BCUT2D eigenvalue weighted by Gasteiger charge is -2.62. The molecule has 0 aliphatic heterocycles. The van der Waals surface area contributed by atoms with E-state index >= 15 is 0 Å². The van der Waals surface area contributed by atoms with E-state index < -0.39 is 0 Å². The van der Waals surface area contributed by atoms with Crippen LogP contribution in [0.5, 0.6) is 0 Å². The van der Waals surface area contributed by atoms with Crippen LogP contribution in [0.15, 0.2) is 18.2 Å². The van der Waals surface area contributed by atoms with Gasteiger partial charge >= 0.3 is 0 Å². The van der Waals surface area contributed by atoms with Crippen molar-refractivity contribution in [3.8, 4) is 0 Å². The molecule has 4 aliphatic carbocycles. The van der Waals surface area contributed by atoms with Crippen LogP contribution in [0.2, 0.25) is 0 Å². The second-order valence-electron chi connectivity index (χ2n) is 8.86. The van der Waals surface area contributed by atoms with Gasteiger partial charge in [-0.1, -0.05) is 30.7 Å². The van der Waals surface area contributed by atoms with Crippen molar-refractivity contribution in [1.29, 1.82) is 0 Å². The summed E-state index contributed by atoms with van der Waals surface area (Å²) in [5.41, 5.74) is 5.08. The van der Waals surface area contributed by atoms with Crippen LogP contribution in [-0.2, 0) is 0 Å². The largest absolute Gasteiger partial charge is 0.117 e. The van der Waals surface area contributed by atoms with Gasteiger partial charge in [-0.25, -0.2) is 0 Å². The third-order valence-corrected chi connectivity index (χ3v) is 7.34. The fraction of sp³-hybridized carbons (Fsp3) is 0.700. The van der Waals surface area contributed by atoms with Crippen LogP contribution >= 0.6 is 11.6 Å². The number of halogens is 1. The Labute approximate surface area is 134 Å². The van der Waals surface area contributed by atoms with Crippen LogP contribution in [-0.4, -0.2) is 0 Å². The van der Waals surface area contributed by atoms with Gasteiger partial charge < -0.3 is 0 Å². The second kappa shape index (κ2) is 4.51. The average Bonchev–Trinajstić information content (AvgIpc) is 2.38. The molecule has 4 bridgehead atoms. The molecule has 0 amide bonds. The van der Waals surface area contributed by atoms with E-state index in [4.69, 9.17) is 11.6 Å². The normalized spacial score (nSPS) is 42.3. The average molecular weight is 303 g/mol. The number of alkyl halides is 1. The quantitative estimate of drug-likeness (QED) is 0.571. The Hall–Kier alpha value is -0.490. The van der Waals surface area contributed by atoms with E-state index in [1.807, 2.05) is 0 Å². The summed E-state index contributed by atoms with van der Waals surface area (Å²) in [7, 11) is 0. The molecule has 4 fully saturated rings. The lowest BCUT2D eigenvalue weighted by atomic mass is 9.43. The number of aryl methyl sites for hydroxylation is 2. The molecule has 4 saturated carbocycles. The molecule has 0 nitrogen and oxygen atoms in total. The van der Waals surface area contributed by atoms with Crippen molar-refractivity contribution in [1.82, 2.24) is 0 Å². The highest BCUT2D eigenvalue weighted by molar-refractivity contribution is 6.21. The van der Waals surface area contributed by atoms with Gasteiger partial charge in [0.2, 0.25) is 0 Å². The smallest absolute Gasteiger partial charge is 0.0644 e. The number of hydrogen-bond acceptors (Lipinski definition) is 0. The highest BCUT2D eigenvalue weighted by Crippen LogP contribution is 2.69. The molecule has 0 saturated heterocycles. The van der Waals surface area contributed by atoms with Crippen LogP contribution in [0.4, 0.5) is 0 Å². The predicted molar refractivity (Wildman–Crippen MR) is 89.7 cm³/mol. The summed E-state index contributed by atoms with van der Waals surface area (Å²) in [5.74, 6) is 1.89. The number of rotatable bonds is 2. The van der Waals surface area contributed by atoms with Gasteiger partial charge in [0.25, 0.3) is 0 Å². The van der Waals surface area contributed by atoms with Gasteiger partial charge in [0.15, 0.2) is 0 Å². The maximum atomic E-state index is 7.17. The molecule has 1 aromatic carbocycles. The van der Waals surface area contributed by atoms with Crippen LogP contribution in [0, 0.1) is 36.5 Å². The highest BCUT2D eigenvalue weighted by Gasteiger charge is 2.58. The monoisotopic (exact) mass is 302 g/mol. The maximum Gasteiger partial charge on any atom is 0.0644 e. The molecule has 4 aliphatic rings. The molecule has 0 spiro atoms. The zero-order chi connectivity index (χ0) is 14.8. The maximum absolute atomic E-state index is 7.17. The van der Waals surface area contributed by atoms with Gasteiger partial charge in [-0.2, -0.15) is 0 Å². The Bertz CT molecular complexity index is 559. The standard InChI is InChI=1S/C20H27Cl/c1-13-4-5-14(2)17(6-13)18(21)20-10-15-7-16(11-20)9-19(3,8-15)12-20/h4-6,15-16,18H,7-12H2,1-3H3. The van der Waals surface area contributed by atoms with E-state index in [1.165, 1.54) is 55.2 Å².